The molecule has 1 rings (SSSR count). The summed E-state index contributed by atoms with van der Waals surface area (Å²) in [5, 5.41) is 9.03. The lowest BCUT2D eigenvalue weighted by molar-refractivity contribution is -0.136. The fourth-order valence-electron chi connectivity index (χ4n) is 0.777. The van der Waals surface area contributed by atoms with Gasteiger partial charge in [0.05, 0.1) is 6.42 Å². The molecule has 2 nitrogen and oxygen atoms in total. The summed E-state index contributed by atoms with van der Waals surface area (Å²) in [7, 11) is 0. The number of rotatable bonds is 2. The zero-order valence-corrected chi connectivity index (χ0v) is 6.51. The van der Waals surface area contributed by atoms with Gasteiger partial charge in [-0.1, -0.05) is 31.2 Å². The Kier molecular flexibility index (Phi) is 4.37. The first-order valence-corrected chi connectivity index (χ1v) is 3.52. The van der Waals surface area contributed by atoms with E-state index in [0.29, 0.717) is 5.02 Å². The van der Waals surface area contributed by atoms with E-state index in [4.69, 9.17) is 16.7 Å². The summed E-state index contributed by atoms with van der Waals surface area (Å²) >= 11 is 5.60. The van der Waals surface area contributed by atoms with Crippen molar-refractivity contribution in [1.82, 2.24) is 0 Å². The van der Waals surface area contributed by atoms with E-state index in [-0.39, 0.29) is 13.8 Å². The molecular formula is C9H11ClO2. The van der Waals surface area contributed by atoms with Crippen molar-refractivity contribution in [1.29, 1.82) is 0 Å². The van der Waals surface area contributed by atoms with Gasteiger partial charge in [-0.15, -0.1) is 0 Å². The Morgan fingerprint density at radius 3 is 2.25 bits per heavy atom. The van der Waals surface area contributed by atoms with Crippen LogP contribution >= 0.6 is 11.6 Å². The van der Waals surface area contributed by atoms with Crippen molar-refractivity contribution in [3.63, 3.8) is 0 Å². The van der Waals surface area contributed by atoms with E-state index in [2.05, 4.69) is 0 Å². The van der Waals surface area contributed by atoms with Gasteiger partial charge in [0.25, 0.3) is 0 Å². The first-order valence-electron chi connectivity index (χ1n) is 3.15. The standard InChI is InChI=1S/C8H7ClO2.CH4/c9-7-3-1-6(2-4-7)5-8(10)11;/h1-4H,5H2,(H,10,11);1H4. The number of benzene rings is 1. The molecule has 1 aromatic carbocycles. The number of carboxylic acid groups (broad SMARTS) is 1. The zero-order chi connectivity index (χ0) is 8.27. The van der Waals surface area contributed by atoms with Gasteiger partial charge in [-0.2, -0.15) is 0 Å². The zero-order valence-electron chi connectivity index (χ0n) is 5.75. The lowest BCUT2D eigenvalue weighted by atomic mass is 10.2. The molecular weight excluding hydrogens is 176 g/mol. The molecule has 1 N–H and O–H groups in total. The van der Waals surface area contributed by atoms with Gasteiger partial charge >= 0.3 is 5.97 Å². The third-order valence-corrected chi connectivity index (χ3v) is 1.52. The van der Waals surface area contributed by atoms with Crippen molar-refractivity contribution in [2.24, 2.45) is 0 Å². The third kappa shape index (κ3) is 3.39. The van der Waals surface area contributed by atoms with Crippen molar-refractivity contribution in [2.45, 2.75) is 13.8 Å². The quantitative estimate of drug-likeness (QED) is 0.771. The van der Waals surface area contributed by atoms with Crippen LogP contribution < -0.4 is 0 Å². The van der Waals surface area contributed by atoms with Crippen LogP contribution in [-0.4, -0.2) is 11.1 Å². The summed E-state index contributed by atoms with van der Waals surface area (Å²) < 4.78 is 0. The molecule has 12 heavy (non-hydrogen) atoms. The highest BCUT2D eigenvalue weighted by Gasteiger charge is 1.98. The van der Waals surface area contributed by atoms with Crippen LogP contribution in [0.25, 0.3) is 0 Å². The minimum Gasteiger partial charge on any atom is -0.481 e. The number of halogens is 1. The largest absolute Gasteiger partial charge is 0.481 e. The van der Waals surface area contributed by atoms with Gasteiger partial charge < -0.3 is 5.11 Å². The molecule has 0 spiro atoms. The van der Waals surface area contributed by atoms with Crippen molar-refractivity contribution >= 4 is 17.6 Å². The molecule has 0 aliphatic heterocycles. The summed E-state index contributed by atoms with van der Waals surface area (Å²) in [6.07, 6.45) is 0.0527. The fourth-order valence-corrected chi connectivity index (χ4v) is 0.903. The average Bonchev–Trinajstić information content (AvgIpc) is 1.93. The predicted octanol–water partition coefficient (Wildman–Crippen LogP) is 2.60. The minimum atomic E-state index is -0.827. The highest BCUT2D eigenvalue weighted by molar-refractivity contribution is 6.30. The van der Waals surface area contributed by atoms with Crippen LogP contribution in [0.1, 0.15) is 13.0 Å². The molecule has 3 heteroatoms. The van der Waals surface area contributed by atoms with Crippen LogP contribution in [0.3, 0.4) is 0 Å². The van der Waals surface area contributed by atoms with Gasteiger partial charge in [0, 0.05) is 5.02 Å². The summed E-state index contributed by atoms with van der Waals surface area (Å²) in [6.45, 7) is 0. The van der Waals surface area contributed by atoms with Crippen LogP contribution in [-0.2, 0) is 11.2 Å². The van der Waals surface area contributed by atoms with Gasteiger partial charge in [-0.25, -0.2) is 0 Å². The SMILES string of the molecule is C.O=C(O)Cc1ccc(Cl)cc1. The summed E-state index contributed by atoms with van der Waals surface area (Å²) in [4.78, 5) is 10.2. The highest BCUT2D eigenvalue weighted by atomic mass is 35.5. The van der Waals surface area contributed by atoms with Crippen LogP contribution in [0, 0.1) is 0 Å². The Labute approximate surface area is 76.8 Å². The first kappa shape index (κ1) is 11.0. The Morgan fingerprint density at radius 1 is 1.33 bits per heavy atom. The summed E-state index contributed by atoms with van der Waals surface area (Å²) in [5.74, 6) is -0.827. The molecule has 0 radical (unpaired) electrons. The maximum Gasteiger partial charge on any atom is 0.307 e. The number of carbonyl (C=O) groups is 1. The molecule has 0 aliphatic carbocycles. The summed E-state index contributed by atoms with van der Waals surface area (Å²) in [6, 6.07) is 6.77. The molecule has 0 atom stereocenters. The molecule has 0 fully saturated rings. The van der Waals surface area contributed by atoms with Gasteiger partial charge in [-0.05, 0) is 17.7 Å². The second-order valence-corrected chi connectivity index (χ2v) is 2.63. The molecule has 0 aromatic heterocycles. The smallest absolute Gasteiger partial charge is 0.307 e. The van der Waals surface area contributed by atoms with Crippen molar-refractivity contribution in [3.05, 3.63) is 34.9 Å². The second kappa shape index (κ2) is 4.78. The number of carboxylic acids is 1. The van der Waals surface area contributed by atoms with E-state index >= 15 is 0 Å². The Morgan fingerprint density at radius 2 is 1.83 bits per heavy atom. The van der Waals surface area contributed by atoms with Crippen molar-refractivity contribution < 1.29 is 9.90 Å². The molecule has 0 amide bonds. The van der Waals surface area contributed by atoms with Gasteiger partial charge in [-0.3, -0.25) is 4.79 Å². The molecule has 1 aromatic rings. The highest BCUT2D eigenvalue weighted by Crippen LogP contribution is 2.09. The molecule has 0 saturated carbocycles. The number of aliphatic carboxylic acids is 1. The second-order valence-electron chi connectivity index (χ2n) is 2.20. The van der Waals surface area contributed by atoms with Crippen molar-refractivity contribution in [2.75, 3.05) is 0 Å². The minimum absolute atomic E-state index is 0. The fraction of sp³-hybridized carbons (Fsp3) is 0.222. The Bertz CT molecular complexity index is 254. The molecule has 0 heterocycles. The van der Waals surface area contributed by atoms with E-state index in [1.807, 2.05) is 0 Å². The van der Waals surface area contributed by atoms with E-state index in [1.54, 1.807) is 24.3 Å². The summed E-state index contributed by atoms with van der Waals surface area (Å²) in [5.41, 5.74) is 0.766. The lowest BCUT2D eigenvalue weighted by Gasteiger charge is -1.95. The van der Waals surface area contributed by atoms with E-state index in [0.717, 1.165) is 5.56 Å². The molecule has 0 aliphatic rings. The van der Waals surface area contributed by atoms with E-state index in [9.17, 15) is 4.79 Å². The molecule has 0 bridgehead atoms. The van der Waals surface area contributed by atoms with E-state index < -0.39 is 5.97 Å². The van der Waals surface area contributed by atoms with Crippen molar-refractivity contribution in [3.8, 4) is 0 Å². The molecule has 0 saturated heterocycles. The van der Waals surface area contributed by atoms with Crippen LogP contribution in [0.4, 0.5) is 0 Å². The Hall–Kier alpha value is -1.02. The first-order chi connectivity index (χ1) is 5.18. The van der Waals surface area contributed by atoms with Crippen LogP contribution in [0.2, 0.25) is 5.02 Å². The number of hydrogen-bond acceptors (Lipinski definition) is 1. The average molecular weight is 187 g/mol. The van der Waals surface area contributed by atoms with Gasteiger partial charge in [0.15, 0.2) is 0 Å². The maximum absolute atomic E-state index is 10.2. The maximum atomic E-state index is 10.2. The predicted molar refractivity (Wildman–Crippen MR) is 49.5 cm³/mol. The van der Waals surface area contributed by atoms with E-state index in [1.165, 1.54) is 0 Å². The van der Waals surface area contributed by atoms with Gasteiger partial charge in [0.2, 0.25) is 0 Å². The topological polar surface area (TPSA) is 37.3 Å². The normalized spacial score (nSPS) is 8.75. The van der Waals surface area contributed by atoms with Gasteiger partial charge in [0.1, 0.15) is 0 Å². The molecule has 66 valence electrons. The molecule has 0 unspecified atom stereocenters. The van der Waals surface area contributed by atoms with Crippen LogP contribution in [0.5, 0.6) is 0 Å². The Balaban J connectivity index is 0.00000121. The monoisotopic (exact) mass is 186 g/mol. The van der Waals surface area contributed by atoms with Crippen LogP contribution in [0.15, 0.2) is 24.3 Å². The third-order valence-electron chi connectivity index (χ3n) is 1.27. The number of hydrogen-bond donors (Lipinski definition) is 1. The lowest BCUT2D eigenvalue weighted by Crippen LogP contribution is -1.99.